The molecule has 3 heterocycles. The van der Waals surface area contributed by atoms with Gasteiger partial charge in [-0.25, -0.2) is 0 Å². The number of fused-ring (bicyclic) bond motifs is 2. The average molecular weight is 373 g/mol. The van der Waals surface area contributed by atoms with Crippen LogP contribution in [-0.4, -0.2) is 56.2 Å². The molecule has 1 spiro atoms. The summed E-state index contributed by atoms with van der Waals surface area (Å²) >= 11 is 0. The molecule has 2 saturated heterocycles. The van der Waals surface area contributed by atoms with Gasteiger partial charge in [-0.1, -0.05) is 32.9 Å². The molecule has 3 aliphatic heterocycles. The number of rotatable bonds is 3. The van der Waals surface area contributed by atoms with Gasteiger partial charge in [-0.15, -0.1) is 0 Å². The lowest BCUT2D eigenvalue weighted by Gasteiger charge is -2.42. The van der Waals surface area contributed by atoms with E-state index in [9.17, 15) is 5.11 Å². The number of aliphatic hydroxyl groups excluding tert-OH is 1. The van der Waals surface area contributed by atoms with Gasteiger partial charge in [0.05, 0.1) is 6.61 Å². The Bertz CT molecular complexity index is 540. The van der Waals surface area contributed by atoms with Gasteiger partial charge >= 0.3 is 0 Å². The zero-order valence-electron chi connectivity index (χ0n) is 16.4. The zero-order valence-corrected chi connectivity index (χ0v) is 17.4. The van der Waals surface area contributed by atoms with Crippen molar-refractivity contribution in [2.24, 2.45) is 0 Å². The molecule has 0 radical (unpaired) electrons. The lowest BCUT2D eigenvalue weighted by Crippen LogP contribution is -2.55. The summed E-state index contributed by atoms with van der Waals surface area (Å²) in [6, 6.07) is 0. The highest BCUT2D eigenvalue weighted by molar-refractivity contribution is 6.74. The van der Waals surface area contributed by atoms with E-state index in [1.807, 2.05) is 26.0 Å². The molecular formula is C18H32O6Si. The number of hydrogen-bond donors (Lipinski definition) is 1. The van der Waals surface area contributed by atoms with Crippen LogP contribution in [0, 0.1) is 0 Å². The van der Waals surface area contributed by atoms with Crippen LogP contribution in [-0.2, 0) is 23.4 Å². The van der Waals surface area contributed by atoms with Crippen molar-refractivity contribution in [3.05, 3.63) is 12.2 Å². The molecule has 1 unspecified atom stereocenters. The van der Waals surface area contributed by atoms with Crippen molar-refractivity contribution in [3.63, 3.8) is 0 Å². The fraction of sp³-hybridized carbons (Fsp3) is 0.889. The van der Waals surface area contributed by atoms with Crippen LogP contribution in [0.1, 0.15) is 41.0 Å². The average Bonchev–Trinajstić information content (AvgIpc) is 2.88. The molecule has 7 heteroatoms. The molecule has 0 aromatic carbocycles. The molecule has 3 rings (SSSR count). The Kier molecular flexibility index (Phi) is 4.77. The summed E-state index contributed by atoms with van der Waals surface area (Å²) in [4.78, 5) is 0. The van der Waals surface area contributed by atoms with Gasteiger partial charge in [0.2, 0.25) is 0 Å². The zero-order chi connectivity index (χ0) is 18.7. The first kappa shape index (κ1) is 19.5. The van der Waals surface area contributed by atoms with Crippen LogP contribution < -0.4 is 0 Å². The summed E-state index contributed by atoms with van der Waals surface area (Å²) in [5.41, 5.74) is -0.890. The van der Waals surface area contributed by atoms with E-state index in [2.05, 4.69) is 33.9 Å². The highest BCUT2D eigenvalue weighted by Gasteiger charge is 2.65. The summed E-state index contributed by atoms with van der Waals surface area (Å²) < 4.78 is 30.4. The summed E-state index contributed by atoms with van der Waals surface area (Å²) in [6.07, 6.45) is 2.11. The fourth-order valence-corrected chi connectivity index (χ4v) is 4.29. The van der Waals surface area contributed by atoms with Crippen molar-refractivity contribution in [1.82, 2.24) is 0 Å². The van der Waals surface area contributed by atoms with Crippen LogP contribution in [0.4, 0.5) is 0 Å². The molecular weight excluding hydrogens is 340 g/mol. The van der Waals surface area contributed by atoms with Crippen LogP contribution in [0.15, 0.2) is 12.2 Å². The maximum atomic E-state index is 10.1. The molecule has 0 saturated carbocycles. The van der Waals surface area contributed by atoms with Crippen molar-refractivity contribution in [2.75, 3.05) is 6.61 Å². The normalized spacial score (nSPS) is 40.6. The monoisotopic (exact) mass is 372 g/mol. The first-order valence-electron chi connectivity index (χ1n) is 9.05. The minimum Gasteiger partial charge on any atom is -0.414 e. The third-order valence-corrected chi connectivity index (χ3v) is 10.3. The van der Waals surface area contributed by atoms with E-state index in [0.29, 0.717) is 13.0 Å². The van der Waals surface area contributed by atoms with Gasteiger partial charge in [-0.2, -0.15) is 0 Å². The van der Waals surface area contributed by atoms with Gasteiger partial charge in [0.15, 0.2) is 26.7 Å². The van der Waals surface area contributed by atoms with E-state index in [1.54, 1.807) is 0 Å². The SMILES string of the molecule is CC1(C)O[C@H]2O[C@H](CO[Si](C)(C)C(C)(C)C)[C@]3(C=CCC(O)O3)[C@H]2O1. The van der Waals surface area contributed by atoms with Crippen molar-refractivity contribution < 1.29 is 28.5 Å². The Morgan fingerprint density at radius 3 is 2.48 bits per heavy atom. The first-order valence-corrected chi connectivity index (χ1v) is 12.0. The predicted molar refractivity (Wildman–Crippen MR) is 95.4 cm³/mol. The molecule has 0 aliphatic carbocycles. The minimum absolute atomic E-state index is 0.104. The molecule has 144 valence electrons. The maximum absolute atomic E-state index is 10.1. The van der Waals surface area contributed by atoms with Crippen molar-refractivity contribution >= 4 is 8.32 Å². The highest BCUT2D eigenvalue weighted by Crippen LogP contribution is 2.48. The van der Waals surface area contributed by atoms with Crippen LogP contribution in [0.5, 0.6) is 0 Å². The van der Waals surface area contributed by atoms with Gasteiger partial charge in [0.25, 0.3) is 0 Å². The molecule has 0 aromatic rings. The molecule has 2 fully saturated rings. The number of hydrogen-bond acceptors (Lipinski definition) is 6. The summed E-state index contributed by atoms with van der Waals surface area (Å²) in [7, 11) is -1.94. The Balaban J connectivity index is 1.82. The van der Waals surface area contributed by atoms with Gasteiger partial charge < -0.3 is 28.5 Å². The number of aliphatic hydroxyl groups is 1. The molecule has 3 aliphatic rings. The first-order chi connectivity index (χ1) is 11.4. The van der Waals surface area contributed by atoms with Gasteiger partial charge in [-0.05, 0) is 32.0 Å². The van der Waals surface area contributed by atoms with Crippen molar-refractivity contribution in [1.29, 1.82) is 0 Å². The van der Waals surface area contributed by atoms with E-state index in [-0.39, 0.29) is 11.1 Å². The van der Waals surface area contributed by atoms with Gasteiger partial charge in [0.1, 0.15) is 17.8 Å². The Hall–Kier alpha value is -0.283. The lowest BCUT2D eigenvalue weighted by molar-refractivity contribution is -0.258. The largest absolute Gasteiger partial charge is 0.414 e. The smallest absolute Gasteiger partial charge is 0.192 e. The quantitative estimate of drug-likeness (QED) is 0.607. The van der Waals surface area contributed by atoms with Crippen LogP contribution in [0.2, 0.25) is 18.1 Å². The maximum Gasteiger partial charge on any atom is 0.192 e. The molecule has 6 nitrogen and oxygen atoms in total. The van der Waals surface area contributed by atoms with Crippen LogP contribution >= 0.6 is 0 Å². The summed E-state index contributed by atoms with van der Waals surface area (Å²) in [5.74, 6) is -0.743. The fourth-order valence-electron chi connectivity index (χ4n) is 3.29. The van der Waals surface area contributed by atoms with Crippen LogP contribution in [0.3, 0.4) is 0 Å². The van der Waals surface area contributed by atoms with E-state index in [0.717, 1.165) is 0 Å². The molecule has 5 atom stereocenters. The molecule has 0 bridgehead atoms. The standard InChI is InChI=1S/C18H32O6Si/c1-16(2,3)25(6,7)20-11-12-18(10-8-9-13(19)22-18)14-15(21-12)24-17(4,5)23-14/h8,10,12-15,19H,9,11H2,1-7H3/t12-,13?,14+,15-,18-/m1/s1. The summed E-state index contributed by atoms with van der Waals surface area (Å²) in [5, 5.41) is 10.2. The van der Waals surface area contributed by atoms with Crippen molar-refractivity contribution in [2.45, 2.75) is 95.3 Å². The summed E-state index contributed by atoms with van der Waals surface area (Å²) in [6.45, 7) is 15.1. The second-order valence-electron chi connectivity index (χ2n) is 9.18. The Morgan fingerprint density at radius 2 is 1.88 bits per heavy atom. The predicted octanol–water partition coefficient (Wildman–Crippen LogP) is 2.92. The third-order valence-electron chi connectivity index (χ3n) is 5.76. The molecule has 25 heavy (non-hydrogen) atoms. The Labute approximate surface area is 151 Å². The minimum atomic E-state index is -1.94. The van der Waals surface area contributed by atoms with E-state index in [4.69, 9.17) is 23.4 Å². The van der Waals surface area contributed by atoms with Crippen molar-refractivity contribution in [3.8, 4) is 0 Å². The second-order valence-corrected chi connectivity index (χ2v) is 14.0. The van der Waals surface area contributed by atoms with E-state index >= 15 is 0 Å². The molecule has 0 amide bonds. The molecule has 0 aromatic heterocycles. The van der Waals surface area contributed by atoms with Gasteiger partial charge in [-0.3, -0.25) is 0 Å². The topological polar surface area (TPSA) is 66.4 Å². The number of ether oxygens (including phenoxy) is 4. The third kappa shape index (κ3) is 3.48. The second kappa shape index (κ2) is 6.12. The van der Waals surface area contributed by atoms with E-state index < -0.39 is 38.4 Å². The Morgan fingerprint density at radius 1 is 1.20 bits per heavy atom. The van der Waals surface area contributed by atoms with E-state index in [1.165, 1.54) is 0 Å². The van der Waals surface area contributed by atoms with Crippen LogP contribution in [0.25, 0.3) is 0 Å². The molecule has 1 N–H and O–H groups in total. The van der Waals surface area contributed by atoms with Gasteiger partial charge in [0, 0.05) is 6.42 Å². The highest BCUT2D eigenvalue weighted by atomic mass is 28.4. The lowest BCUT2D eigenvalue weighted by atomic mass is 9.90.